The van der Waals surface area contributed by atoms with Crippen LogP contribution in [0, 0.1) is 25.2 Å². The fourth-order valence-electron chi connectivity index (χ4n) is 3.21. The first-order chi connectivity index (χ1) is 16.7. The number of benzene rings is 1. The van der Waals surface area contributed by atoms with Crippen molar-refractivity contribution in [3.05, 3.63) is 68.3 Å². The van der Waals surface area contributed by atoms with E-state index in [0.717, 1.165) is 4.88 Å². The van der Waals surface area contributed by atoms with Crippen LogP contribution in [0.5, 0.6) is 0 Å². The van der Waals surface area contributed by atoms with Gasteiger partial charge in [0.2, 0.25) is 0 Å². The van der Waals surface area contributed by atoms with Crippen LogP contribution in [0.1, 0.15) is 43.8 Å². The van der Waals surface area contributed by atoms with Crippen LogP contribution in [0.3, 0.4) is 0 Å². The highest BCUT2D eigenvalue weighted by Gasteiger charge is 2.23. The van der Waals surface area contributed by atoms with Crippen LogP contribution in [-0.4, -0.2) is 31.6 Å². The third-order valence-electron chi connectivity index (χ3n) is 5.02. The average Bonchev–Trinajstić information content (AvgIpc) is 3.40. The van der Waals surface area contributed by atoms with Crippen LogP contribution < -0.4 is 5.32 Å². The summed E-state index contributed by atoms with van der Waals surface area (Å²) < 4.78 is 15.7. The van der Waals surface area contributed by atoms with Crippen LogP contribution in [0.2, 0.25) is 5.02 Å². The lowest BCUT2D eigenvalue weighted by Crippen LogP contribution is -2.16. The van der Waals surface area contributed by atoms with Gasteiger partial charge in [0.25, 0.3) is 5.91 Å². The van der Waals surface area contributed by atoms with Gasteiger partial charge in [-0.25, -0.2) is 9.59 Å². The number of esters is 2. The number of nitrogens with zero attached hydrogens (tertiary/aromatic N) is 1. The molecular weight excluding hydrogens is 492 g/mol. The van der Waals surface area contributed by atoms with E-state index in [1.807, 2.05) is 13.0 Å². The molecule has 0 unspecified atom stereocenters. The Morgan fingerprint density at radius 2 is 1.94 bits per heavy atom. The molecule has 35 heavy (non-hydrogen) atoms. The molecule has 0 bridgehead atoms. The maximum absolute atomic E-state index is 12.8. The van der Waals surface area contributed by atoms with Crippen molar-refractivity contribution in [2.24, 2.45) is 0 Å². The zero-order valence-corrected chi connectivity index (χ0v) is 20.9. The minimum atomic E-state index is -0.713. The van der Waals surface area contributed by atoms with E-state index in [4.69, 9.17) is 25.5 Å². The van der Waals surface area contributed by atoms with Gasteiger partial charge in [-0.15, -0.1) is 11.3 Å². The molecule has 0 aliphatic rings. The average molecular weight is 513 g/mol. The summed E-state index contributed by atoms with van der Waals surface area (Å²) in [6, 6.07) is 9.60. The molecular formula is C25H21ClN2O6S. The molecule has 1 N–H and O–H groups in total. The fourth-order valence-corrected chi connectivity index (χ4v) is 4.42. The van der Waals surface area contributed by atoms with Crippen molar-refractivity contribution >= 4 is 51.9 Å². The highest BCUT2D eigenvalue weighted by molar-refractivity contribution is 7.16. The molecule has 2 aromatic heterocycles. The predicted octanol–water partition coefficient (Wildman–Crippen LogP) is 5.79. The number of nitrogens with one attached hydrogen (secondary N) is 1. The lowest BCUT2D eigenvalue weighted by atomic mass is 10.1. The number of aryl methyl sites for hydroxylation is 1. The number of thiophene rings is 1. The first-order valence-corrected chi connectivity index (χ1v) is 11.6. The van der Waals surface area contributed by atoms with Crippen LogP contribution >= 0.6 is 22.9 Å². The van der Waals surface area contributed by atoms with E-state index >= 15 is 0 Å². The van der Waals surface area contributed by atoms with Gasteiger partial charge in [0.15, 0.2) is 0 Å². The number of amides is 1. The Bertz CT molecular complexity index is 1380. The number of hydrogen-bond acceptors (Lipinski definition) is 8. The molecule has 0 spiro atoms. The highest BCUT2D eigenvalue weighted by atomic mass is 35.5. The normalized spacial score (nSPS) is 11.0. The molecule has 0 saturated carbocycles. The topological polar surface area (TPSA) is 119 Å². The van der Waals surface area contributed by atoms with Crippen LogP contribution in [0.15, 0.2) is 40.3 Å². The van der Waals surface area contributed by atoms with Crippen LogP contribution in [0.4, 0.5) is 5.00 Å². The Morgan fingerprint density at radius 3 is 2.60 bits per heavy atom. The van der Waals surface area contributed by atoms with Gasteiger partial charge in [-0.05, 0) is 56.7 Å². The number of methoxy groups -OCH3 is 1. The summed E-state index contributed by atoms with van der Waals surface area (Å²) in [4.78, 5) is 38.1. The number of carbonyl (C=O) groups excluding carboxylic acids is 3. The Hall–Kier alpha value is -3.87. The minimum Gasteiger partial charge on any atom is -0.465 e. The van der Waals surface area contributed by atoms with E-state index in [0.29, 0.717) is 26.9 Å². The lowest BCUT2D eigenvalue weighted by molar-refractivity contribution is -0.112. The largest absolute Gasteiger partial charge is 0.465 e. The smallest absolute Gasteiger partial charge is 0.341 e. The molecule has 1 aromatic carbocycles. The molecule has 3 aromatic rings. The summed E-state index contributed by atoms with van der Waals surface area (Å²) in [5, 5.41) is 12.9. The number of halogens is 1. The summed E-state index contributed by atoms with van der Waals surface area (Å²) in [6.45, 7) is 5.46. The van der Waals surface area contributed by atoms with Crippen molar-refractivity contribution in [1.29, 1.82) is 5.26 Å². The van der Waals surface area contributed by atoms with Gasteiger partial charge in [-0.1, -0.05) is 11.6 Å². The van der Waals surface area contributed by atoms with Gasteiger partial charge in [0, 0.05) is 21.5 Å². The van der Waals surface area contributed by atoms with Gasteiger partial charge >= 0.3 is 11.9 Å². The van der Waals surface area contributed by atoms with Crippen LogP contribution in [-0.2, 0) is 14.3 Å². The van der Waals surface area contributed by atoms with E-state index in [1.54, 1.807) is 38.1 Å². The Labute approximate surface area is 210 Å². The SMILES string of the molecule is CCOC(=O)c1c(NC(=O)C(C#N)=Cc2ccc(-c3cc(Cl)ccc3C(=O)OC)o2)sc(C)c1C. The second-order valence-electron chi connectivity index (χ2n) is 7.22. The van der Waals surface area contributed by atoms with Gasteiger partial charge in [-0.2, -0.15) is 5.26 Å². The van der Waals surface area contributed by atoms with Crippen LogP contribution in [0.25, 0.3) is 17.4 Å². The summed E-state index contributed by atoms with van der Waals surface area (Å²) in [6.07, 6.45) is 1.26. The van der Waals surface area contributed by atoms with E-state index in [-0.39, 0.29) is 29.1 Å². The third kappa shape index (κ3) is 5.62. The summed E-state index contributed by atoms with van der Waals surface area (Å²) >= 11 is 7.30. The number of nitriles is 1. The number of furan rings is 1. The molecule has 10 heteroatoms. The molecule has 0 atom stereocenters. The Kier molecular flexibility index (Phi) is 8.12. The monoisotopic (exact) mass is 512 g/mol. The molecule has 2 heterocycles. The van der Waals surface area contributed by atoms with E-state index < -0.39 is 17.8 Å². The number of rotatable bonds is 7. The number of anilines is 1. The number of ether oxygens (including phenoxy) is 2. The minimum absolute atomic E-state index is 0.190. The first kappa shape index (κ1) is 25.7. The lowest BCUT2D eigenvalue weighted by Gasteiger charge is -2.07. The summed E-state index contributed by atoms with van der Waals surface area (Å²) in [5.74, 6) is -1.33. The maximum Gasteiger partial charge on any atom is 0.341 e. The molecule has 180 valence electrons. The molecule has 3 rings (SSSR count). The number of hydrogen-bond donors (Lipinski definition) is 1. The predicted molar refractivity (Wildman–Crippen MR) is 132 cm³/mol. The molecule has 1 amide bonds. The molecule has 0 radical (unpaired) electrons. The maximum atomic E-state index is 12.8. The molecule has 0 fully saturated rings. The quantitative estimate of drug-likeness (QED) is 0.242. The highest BCUT2D eigenvalue weighted by Crippen LogP contribution is 2.34. The van der Waals surface area contributed by atoms with Gasteiger partial charge < -0.3 is 19.2 Å². The van der Waals surface area contributed by atoms with Crippen molar-refractivity contribution in [2.75, 3.05) is 19.0 Å². The zero-order valence-electron chi connectivity index (χ0n) is 19.4. The molecule has 0 aliphatic carbocycles. The Morgan fingerprint density at radius 1 is 1.20 bits per heavy atom. The van der Waals surface area contributed by atoms with E-state index in [2.05, 4.69) is 5.32 Å². The number of carbonyl (C=O) groups is 3. The second-order valence-corrected chi connectivity index (χ2v) is 8.88. The van der Waals surface area contributed by atoms with Gasteiger partial charge in [0.1, 0.15) is 28.2 Å². The summed E-state index contributed by atoms with van der Waals surface area (Å²) in [7, 11) is 1.26. The molecule has 0 saturated heterocycles. The fraction of sp³-hybridized carbons (Fsp3) is 0.200. The molecule has 8 nitrogen and oxygen atoms in total. The van der Waals surface area contributed by atoms with E-state index in [1.165, 1.54) is 30.6 Å². The van der Waals surface area contributed by atoms with Crippen molar-refractivity contribution in [3.63, 3.8) is 0 Å². The zero-order chi connectivity index (χ0) is 25.7. The van der Waals surface area contributed by atoms with E-state index in [9.17, 15) is 19.6 Å². The van der Waals surface area contributed by atoms with Gasteiger partial charge in [-0.3, -0.25) is 4.79 Å². The standard InChI is InChI=1S/C25H21ClN2O6S/c1-5-33-25(31)21-13(2)14(3)35-23(21)28-22(29)15(12-27)10-17-7-9-20(34-17)19-11-16(26)6-8-18(19)24(30)32-4/h6-11H,5H2,1-4H3,(H,28,29). The summed E-state index contributed by atoms with van der Waals surface area (Å²) in [5.41, 5.74) is 1.36. The Balaban J connectivity index is 1.91. The first-order valence-electron chi connectivity index (χ1n) is 10.4. The van der Waals surface area contributed by atoms with Crippen molar-refractivity contribution in [2.45, 2.75) is 20.8 Å². The van der Waals surface area contributed by atoms with Crippen molar-refractivity contribution < 1.29 is 28.3 Å². The van der Waals surface area contributed by atoms with Gasteiger partial charge in [0.05, 0.1) is 24.8 Å². The molecule has 0 aliphatic heterocycles. The van der Waals surface area contributed by atoms with Crippen molar-refractivity contribution in [3.8, 4) is 17.4 Å². The van der Waals surface area contributed by atoms with Crippen molar-refractivity contribution in [1.82, 2.24) is 0 Å². The second kappa shape index (κ2) is 11.0. The third-order valence-corrected chi connectivity index (χ3v) is 6.38.